The number of nitrogens with zero attached hydrogens (tertiary/aromatic N) is 1. The topological polar surface area (TPSA) is 73.6 Å². The van der Waals surface area contributed by atoms with Gasteiger partial charge in [0.2, 0.25) is 0 Å². The molecule has 3 aromatic rings. The van der Waals surface area contributed by atoms with Gasteiger partial charge in [-0.1, -0.05) is 17.3 Å². The molecule has 7 heteroatoms. The smallest absolute Gasteiger partial charge is 0.251 e. The van der Waals surface area contributed by atoms with Crippen LogP contribution >= 0.6 is 11.8 Å². The summed E-state index contributed by atoms with van der Waals surface area (Å²) in [6.45, 7) is 5.99. The number of amides is 1. The van der Waals surface area contributed by atoms with Gasteiger partial charge in [0.25, 0.3) is 5.91 Å². The highest BCUT2D eigenvalue weighted by molar-refractivity contribution is 7.98. The van der Waals surface area contributed by atoms with Gasteiger partial charge in [-0.25, -0.2) is 0 Å². The van der Waals surface area contributed by atoms with Crippen LogP contribution in [0.2, 0.25) is 0 Å². The van der Waals surface area contributed by atoms with Crippen molar-refractivity contribution in [2.24, 2.45) is 0 Å². The molecule has 1 heterocycles. The second-order valence-corrected chi connectivity index (χ2v) is 7.80. The quantitative estimate of drug-likeness (QED) is 0.506. The molecule has 1 N–H and O–H groups in total. The van der Waals surface area contributed by atoms with Crippen molar-refractivity contribution in [1.29, 1.82) is 0 Å². The van der Waals surface area contributed by atoms with Crippen LogP contribution in [0, 0.1) is 13.8 Å². The Hall–Kier alpha value is -2.93. The normalized spacial score (nSPS) is 11.8. The van der Waals surface area contributed by atoms with Gasteiger partial charge in [-0.15, -0.1) is 11.8 Å². The van der Waals surface area contributed by atoms with E-state index in [-0.39, 0.29) is 11.9 Å². The van der Waals surface area contributed by atoms with E-state index in [1.165, 1.54) is 4.90 Å². The van der Waals surface area contributed by atoms with Crippen LogP contribution < -0.4 is 14.8 Å². The molecule has 6 nitrogen and oxygen atoms in total. The maximum atomic E-state index is 12.7. The van der Waals surface area contributed by atoms with Gasteiger partial charge in [-0.3, -0.25) is 4.79 Å². The van der Waals surface area contributed by atoms with E-state index in [0.29, 0.717) is 23.7 Å². The van der Waals surface area contributed by atoms with E-state index in [9.17, 15) is 4.79 Å². The SMILES string of the molecule is COc1cc(C(=O)NC(C)c2ccc(SC)cc2)ccc1OCc1c(C)noc1C. The van der Waals surface area contributed by atoms with Gasteiger partial charge < -0.3 is 19.3 Å². The van der Waals surface area contributed by atoms with Crippen LogP contribution in [-0.4, -0.2) is 24.4 Å². The maximum Gasteiger partial charge on any atom is 0.251 e. The minimum absolute atomic E-state index is 0.116. The van der Waals surface area contributed by atoms with Gasteiger partial charge in [0.05, 0.1) is 24.4 Å². The Labute approximate surface area is 180 Å². The van der Waals surface area contributed by atoms with Crippen LogP contribution in [-0.2, 0) is 6.61 Å². The van der Waals surface area contributed by atoms with E-state index < -0.39 is 0 Å². The molecular weight excluding hydrogens is 400 g/mol. The Morgan fingerprint density at radius 1 is 1.17 bits per heavy atom. The molecule has 0 saturated heterocycles. The lowest BCUT2D eigenvalue weighted by molar-refractivity contribution is 0.0939. The molecule has 0 fully saturated rings. The molecule has 0 aliphatic rings. The van der Waals surface area contributed by atoms with Crippen molar-refractivity contribution in [3.8, 4) is 11.5 Å². The van der Waals surface area contributed by atoms with Crippen molar-refractivity contribution in [3.63, 3.8) is 0 Å². The fourth-order valence-electron chi connectivity index (χ4n) is 3.04. The Balaban J connectivity index is 1.69. The molecule has 1 atom stereocenters. The summed E-state index contributed by atoms with van der Waals surface area (Å²) in [6, 6.07) is 13.2. The zero-order chi connectivity index (χ0) is 21.7. The maximum absolute atomic E-state index is 12.7. The lowest BCUT2D eigenvalue weighted by atomic mass is 10.1. The second kappa shape index (κ2) is 9.71. The number of ether oxygens (including phenoxy) is 2. The van der Waals surface area contributed by atoms with Crippen molar-refractivity contribution in [2.45, 2.75) is 38.3 Å². The third kappa shape index (κ3) is 4.97. The second-order valence-electron chi connectivity index (χ2n) is 6.93. The first-order chi connectivity index (χ1) is 14.4. The fraction of sp³-hybridized carbons (Fsp3) is 0.304. The number of benzene rings is 2. The molecule has 0 aliphatic carbocycles. The monoisotopic (exact) mass is 426 g/mol. The number of carbonyl (C=O) groups excluding carboxylic acids is 1. The fourth-order valence-corrected chi connectivity index (χ4v) is 3.45. The van der Waals surface area contributed by atoms with Crippen LogP contribution in [0.3, 0.4) is 0 Å². The van der Waals surface area contributed by atoms with Crippen LogP contribution in [0.5, 0.6) is 11.5 Å². The average molecular weight is 427 g/mol. The number of aromatic nitrogens is 1. The lowest BCUT2D eigenvalue weighted by Gasteiger charge is -2.16. The molecule has 1 unspecified atom stereocenters. The summed E-state index contributed by atoms with van der Waals surface area (Å²) in [5, 5.41) is 6.96. The summed E-state index contributed by atoms with van der Waals surface area (Å²) in [7, 11) is 1.55. The highest BCUT2D eigenvalue weighted by atomic mass is 32.2. The Morgan fingerprint density at radius 2 is 1.90 bits per heavy atom. The Bertz CT molecular complexity index is 995. The number of aryl methyl sites for hydroxylation is 2. The highest BCUT2D eigenvalue weighted by Crippen LogP contribution is 2.30. The Kier molecular flexibility index (Phi) is 7.05. The number of nitrogens with one attached hydrogen (secondary N) is 1. The standard InChI is InChI=1S/C23H26N2O4S/c1-14(17-6-9-19(30-5)10-7-17)24-23(26)18-8-11-21(22(12-18)27-4)28-13-20-15(2)25-29-16(20)3/h6-12,14H,13H2,1-5H3,(H,24,26). The van der Waals surface area contributed by atoms with Crippen LogP contribution in [0.15, 0.2) is 51.9 Å². The van der Waals surface area contributed by atoms with Crippen molar-refractivity contribution in [2.75, 3.05) is 13.4 Å². The van der Waals surface area contributed by atoms with Crippen LogP contribution in [0.25, 0.3) is 0 Å². The molecule has 3 rings (SSSR count). The summed E-state index contributed by atoms with van der Waals surface area (Å²) in [5.74, 6) is 1.59. The predicted octanol–water partition coefficient (Wildman–Crippen LogP) is 5.09. The van der Waals surface area contributed by atoms with Crippen LogP contribution in [0.4, 0.5) is 0 Å². The van der Waals surface area contributed by atoms with Gasteiger partial charge in [0, 0.05) is 10.5 Å². The van der Waals surface area contributed by atoms with E-state index in [1.54, 1.807) is 37.1 Å². The number of methoxy groups -OCH3 is 1. The van der Waals surface area contributed by atoms with E-state index in [2.05, 4.69) is 22.6 Å². The van der Waals surface area contributed by atoms with Crippen molar-refractivity contribution < 1.29 is 18.8 Å². The van der Waals surface area contributed by atoms with Crippen molar-refractivity contribution >= 4 is 17.7 Å². The number of thioether (sulfide) groups is 1. The average Bonchev–Trinajstić information content (AvgIpc) is 3.09. The number of rotatable bonds is 8. The minimum Gasteiger partial charge on any atom is -0.493 e. The van der Waals surface area contributed by atoms with Gasteiger partial charge in [0.15, 0.2) is 11.5 Å². The summed E-state index contributed by atoms with van der Waals surface area (Å²) < 4.78 is 16.5. The number of hydrogen-bond acceptors (Lipinski definition) is 6. The van der Waals surface area contributed by atoms with E-state index in [4.69, 9.17) is 14.0 Å². The van der Waals surface area contributed by atoms with Gasteiger partial charge in [-0.2, -0.15) is 0 Å². The first-order valence-electron chi connectivity index (χ1n) is 9.60. The first-order valence-corrected chi connectivity index (χ1v) is 10.8. The molecule has 158 valence electrons. The highest BCUT2D eigenvalue weighted by Gasteiger charge is 2.16. The third-order valence-electron chi connectivity index (χ3n) is 4.94. The molecule has 1 aromatic heterocycles. The molecule has 2 aromatic carbocycles. The molecular formula is C23H26N2O4S. The zero-order valence-corrected chi connectivity index (χ0v) is 18.6. The van der Waals surface area contributed by atoms with E-state index in [1.807, 2.05) is 39.2 Å². The molecule has 0 spiro atoms. The van der Waals surface area contributed by atoms with Crippen molar-refractivity contribution in [1.82, 2.24) is 10.5 Å². The van der Waals surface area contributed by atoms with Gasteiger partial charge in [0.1, 0.15) is 12.4 Å². The largest absolute Gasteiger partial charge is 0.493 e. The molecule has 0 aliphatic heterocycles. The number of carbonyl (C=O) groups is 1. The molecule has 0 saturated carbocycles. The zero-order valence-electron chi connectivity index (χ0n) is 17.8. The van der Waals surface area contributed by atoms with E-state index in [0.717, 1.165) is 22.6 Å². The summed E-state index contributed by atoms with van der Waals surface area (Å²) >= 11 is 1.69. The molecule has 30 heavy (non-hydrogen) atoms. The molecule has 0 bridgehead atoms. The first kappa shape index (κ1) is 21.8. The third-order valence-corrected chi connectivity index (χ3v) is 5.69. The molecule has 0 radical (unpaired) electrons. The summed E-state index contributed by atoms with van der Waals surface area (Å²) in [6.07, 6.45) is 2.04. The summed E-state index contributed by atoms with van der Waals surface area (Å²) in [5.41, 5.74) is 3.25. The van der Waals surface area contributed by atoms with Crippen molar-refractivity contribution in [3.05, 3.63) is 70.6 Å². The van der Waals surface area contributed by atoms with Gasteiger partial charge >= 0.3 is 0 Å². The minimum atomic E-state index is -0.174. The Morgan fingerprint density at radius 3 is 2.50 bits per heavy atom. The predicted molar refractivity (Wildman–Crippen MR) is 117 cm³/mol. The molecule has 1 amide bonds. The van der Waals surface area contributed by atoms with Crippen LogP contribution in [0.1, 0.15) is 45.9 Å². The van der Waals surface area contributed by atoms with E-state index >= 15 is 0 Å². The summed E-state index contributed by atoms with van der Waals surface area (Å²) in [4.78, 5) is 13.9. The van der Waals surface area contributed by atoms with Gasteiger partial charge in [-0.05, 0) is 62.9 Å². The number of hydrogen-bond donors (Lipinski definition) is 1. The lowest BCUT2D eigenvalue weighted by Crippen LogP contribution is -2.26.